The van der Waals surface area contributed by atoms with Crippen LogP contribution in [0.25, 0.3) is 0 Å². The van der Waals surface area contributed by atoms with E-state index in [1.165, 1.54) is 6.39 Å². The number of nitrogens with two attached hydrogens (primary N) is 1. The molecule has 1 aromatic rings. The number of rotatable bonds is 3. The molecule has 76 valence electrons. The Bertz CT molecular complexity index is 310. The third-order valence-corrected chi connectivity index (χ3v) is 2.46. The highest BCUT2D eigenvalue weighted by molar-refractivity contribution is 5.78. The number of carbonyl (C=O) groups is 1. The van der Waals surface area contributed by atoms with Crippen molar-refractivity contribution in [1.29, 1.82) is 0 Å². The largest absolute Gasteiger partial charge is 0.447 e. The van der Waals surface area contributed by atoms with Gasteiger partial charge >= 0.3 is 0 Å². The van der Waals surface area contributed by atoms with Crippen LogP contribution < -0.4 is 5.73 Å². The fraction of sp³-hybridized carbons (Fsp3) is 0.556. The lowest BCUT2D eigenvalue weighted by Gasteiger charge is -2.13. The number of carbonyl (C=O) groups excluding carboxylic acids is 1. The van der Waals surface area contributed by atoms with E-state index >= 15 is 0 Å². The second-order valence-corrected chi connectivity index (χ2v) is 3.55. The molecule has 14 heavy (non-hydrogen) atoms. The SMILES string of the molecule is NCC1CC(=O)N(Cc2cnco2)C1. The van der Waals surface area contributed by atoms with Gasteiger partial charge in [-0.3, -0.25) is 4.79 Å². The van der Waals surface area contributed by atoms with E-state index in [2.05, 4.69) is 4.98 Å². The highest BCUT2D eigenvalue weighted by Crippen LogP contribution is 2.18. The first-order valence-corrected chi connectivity index (χ1v) is 4.65. The van der Waals surface area contributed by atoms with Crippen molar-refractivity contribution >= 4 is 5.91 Å². The van der Waals surface area contributed by atoms with E-state index in [-0.39, 0.29) is 5.91 Å². The van der Waals surface area contributed by atoms with Gasteiger partial charge in [0.25, 0.3) is 0 Å². The fourth-order valence-electron chi connectivity index (χ4n) is 1.67. The molecule has 1 fully saturated rings. The van der Waals surface area contributed by atoms with Gasteiger partial charge in [0.1, 0.15) is 5.76 Å². The van der Waals surface area contributed by atoms with Crippen LogP contribution in [-0.4, -0.2) is 28.9 Å². The Morgan fingerprint density at radius 2 is 2.57 bits per heavy atom. The predicted molar refractivity (Wildman–Crippen MR) is 49.1 cm³/mol. The molecule has 1 saturated heterocycles. The molecular weight excluding hydrogens is 182 g/mol. The van der Waals surface area contributed by atoms with Gasteiger partial charge in [0.15, 0.2) is 6.39 Å². The van der Waals surface area contributed by atoms with Crippen molar-refractivity contribution in [2.45, 2.75) is 13.0 Å². The fourth-order valence-corrected chi connectivity index (χ4v) is 1.67. The molecule has 5 heteroatoms. The van der Waals surface area contributed by atoms with Crippen molar-refractivity contribution in [3.8, 4) is 0 Å². The van der Waals surface area contributed by atoms with E-state index in [9.17, 15) is 4.79 Å². The van der Waals surface area contributed by atoms with Crippen molar-refractivity contribution in [3.05, 3.63) is 18.4 Å². The number of oxazole rings is 1. The molecule has 2 heterocycles. The average Bonchev–Trinajstić information content (AvgIpc) is 2.78. The van der Waals surface area contributed by atoms with Crippen molar-refractivity contribution < 1.29 is 9.21 Å². The number of hydrogen-bond donors (Lipinski definition) is 1. The lowest BCUT2D eigenvalue weighted by molar-refractivity contribution is -0.128. The molecule has 0 aliphatic carbocycles. The highest BCUT2D eigenvalue weighted by Gasteiger charge is 2.28. The Labute approximate surface area is 81.9 Å². The maximum atomic E-state index is 11.5. The quantitative estimate of drug-likeness (QED) is 0.735. The normalized spacial score (nSPS) is 21.9. The molecule has 1 amide bonds. The minimum absolute atomic E-state index is 0.150. The molecule has 1 aliphatic heterocycles. The summed E-state index contributed by atoms with van der Waals surface area (Å²) >= 11 is 0. The first-order chi connectivity index (χ1) is 6.79. The summed E-state index contributed by atoms with van der Waals surface area (Å²) in [6, 6.07) is 0. The number of nitrogens with zero attached hydrogens (tertiary/aromatic N) is 2. The van der Waals surface area contributed by atoms with E-state index in [0.29, 0.717) is 25.4 Å². The molecule has 1 aliphatic rings. The van der Waals surface area contributed by atoms with Gasteiger partial charge in [0.2, 0.25) is 5.91 Å². The zero-order chi connectivity index (χ0) is 9.97. The molecule has 1 atom stereocenters. The number of hydrogen-bond acceptors (Lipinski definition) is 4. The summed E-state index contributed by atoms with van der Waals surface area (Å²) in [5.41, 5.74) is 5.52. The van der Waals surface area contributed by atoms with Gasteiger partial charge in [-0.1, -0.05) is 0 Å². The summed E-state index contributed by atoms with van der Waals surface area (Å²) in [7, 11) is 0. The van der Waals surface area contributed by atoms with E-state index in [4.69, 9.17) is 10.2 Å². The van der Waals surface area contributed by atoms with Gasteiger partial charge < -0.3 is 15.1 Å². The van der Waals surface area contributed by atoms with Crippen LogP contribution in [-0.2, 0) is 11.3 Å². The third kappa shape index (κ3) is 1.77. The zero-order valence-corrected chi connectivity index (χ0v) is 7.85. The topological polar surface area (TPSA) is 72.4 Å². The monoisotopic (exact) mass is 195 g/mol. The number of aromatic nitrogens is 1. The molecule has 0 radical (unpaired) electrons. The Morgan fingerprint density at radius 3 is 3.14 bits per heavy atom. The summed E-state index contributed by atoms with van der Waals surface area (Å²) in [6.07, 6.45) is 3.56. The van der Waals surface area contributed by atoms with E-state index in [1.807, 2.05) is 0 Å². The van der Waals surface area contributed by atoms with Crippen molar-refractivity contribution in [1.82, 2.24) is 9.88 Å². The minimum atomic E-state index is 0.150. The van der Waals surface area contributed by atoms with Gasteiger partial charge in [0.05, 0.1) is 12.7 Å². The second-order valence-electron chi connectivity index (χ2n) is 3.55. The molecule has 2 rings (SSSR count). The standard InChI is InChI=1S/C9H13N3O2/c10-2-7-1-9(13)12(4-7)5-8-3-11-6-14-8/h3,6-7H,1-2,4-5,10H2. The van der Waals surface area contributed by atoms with Crippen molar-refractivity contribution in [3.63, 3.8) is 0 Å². The van der Waals surface area contributed by atoms with Crippen LogP contribution in [0.2, 0.25) is 0 Å². The van der Waals surface area contributed by atoms with Crippen LogP contribution in [0.5, 0.6) is 0 Å². The van der Waals surface area contributed by atoms with Crippen LogP contribution in [0, 0.1) is 5.92 Å². The smallest absolute Gasteiger partial charge is 0.223 e. The Balaban J connectivity index is 1.96. The molecule has 2 N–H and O–H groups in total. The maximum Gasteiger partial charge on any atom is 0.223 e. The molecule has 0 bridgehead atoms. The van der Waals surface area contributed by atoms with Gasteiger partial charge in [-0.05, 0) is 12.5 Å². The molecule has 5 nitrogen and oxygen atoms in total. The van der Waals surface area contributed by atoms with E-state index in [1.54, 1.807) is 11.1 Å². The van der Waals surface area contributed by atoms with Crippen LogP contribution in [0.4, 0.5) is 0 Å². The van der Waals surface area contributed by atoms with Gasteiger partial charge in [-0.15, -0.1) is 0 Å². The van der Waals surface area contributed by atoms with Gasteiger partial charge in [-0.25, -0.2) is 4.98 Å². The molecule has 1 unspecified atom stereocenters. The average molecular weight is 195 g/mol. The number of likely N-dealkylation sites (tertiary alicyclic amines) is 1. The first kappa shape index (κ1) is 9.21. The zero-order valence-electron chi connectivity index (χ0n) is 7.85. The molecule has 0 saturated carbocycles. The summed E-state index contributed by atoms with van der Waals surface area (Å²) in [5, 5.41) is 0. The molecular formula is C9H13N3O2. The molecule has 0 aromatic carbocycles. The minimum Gasteiger partial charge on any atom is -0.447 e. The summed E-state index contributed by atoms with van der Waals surface area (Å²) in [5.74, 6) is 1.17. The summed E-state index contributed by atoms with van der Waals surface area (Å²) in [6.45, 7) is 1.81. The summed E-state index contributed by atoms with van der Waals surface area (Å²) in [4.78, 5) is 17.0. The van der Waals surface area contributed by atoms with Crippen LogP contribution in [0.15, 0.2) is 17.0 Å². The maximum absolute atomic E-state index is 11.5. The van der Waals surface area contributed by atoms with Gasteiger partial charge in [0, 0.05) is 13.0 Å². The Hall–Kier alpha value is -1.36. The number of amides is 1. The highest BCUT2D eigenvalue weighted by atomic mass is 16.3. The third-order valence-electron chi connectivity index (χ3n) is 2.46. The second kappa shape index (κ2) is 3.79. The van der Waals surface area contributed by atoms with Crippen LogP contribution in [0.1, 0.15) is 12.2 Å². The van der Waals surface area contributed by atoms with Crippen LogP contribution in [0.3, 0.4) is 0 Å². The van der Waals surface area contributed by atoms with Crippen molar-refractivity contribution in [2.24, 2.45) is 11.7 Å². The lowest BCUT2D eigenvalue weighted by atomic mass is 10.1. The Kier molecular flexibility index (Phi) is 2.49. The van der Waals surface area contributed by atoms with Crippen molar-refractivity contribution in [2.75, 3.05) is 13.1 Å². The Morgan fingerprint density at radius 1 is 1.71 bits per heavy atom. The van der Waals surface area contributed by atoms with E-state index < -0.39 is 0 Å². The lowest BCUT2D eigenvalue weighted by Crippen LogP contribution is -2.25. The van der Waals surface area contributed by atoms with Crippen LogP contribution >= 0.6 is 0 Å². The molecule has 0 spiro atoms. The van der Waals surface area contributed by atoms with Gasteiger partial charge in [-0.2, -0.15) is 0 Å². The molecule has 1 aromatic heterocycles. The van der Waals surface area contributed by atoms with E-state index in [0.717, 1.165) is 12.3 Å². The predicted octanol–water partition coefficient (Wildman–Crippen LogP) is -0.0182. The summed E-state index contributed by atoms with van der Waals surface area (Å²) < 4.78 is 5.08. The first-order valence-electron chi connectivity index (χ1n) is 4.65.